The van der Waals surface area contributed by atoms with Crippen molar-refractivity contribution in [2.45, 2.75) is 32.3 Å². The Morgan fingerprint density at radius 1 is 1.38 bits per heavy atom. The molecule has 0 saturated carbocycles. The van der Waals surface area contributed by atoms with E-state index in [0.29, 0.717) is 5.75 Å². The zero-order valence-electron chi connectivity index (χ0n) is 8.16. The van der Waals surface area contributed by atoms with E-state index in [1.54, 1.807) is 6.07 Å². The van der Waals surface area contributed by atoms with E-state index in [0.717, 1.165) is 5.56 Å². The minimum atomic E-state index is -0.00588. The standard InChI is InChI=1S/C11H14O2/c1-7-11(2,3)8-5-4-6-9(12)10(8)13-7/h4-7,12H,1-3H3. The number of hydrogen-bond acceptors (Lipinski definition) is 2. The van der Waals surface area contributed by atoms with Crippen molar-refractivity contribution in [2.24, 2.45) is 0 Å². The molecule has 13 heavy (non-hydrogen) atoms. The third-order valence-electron chi connectivity index (χ3n) is 3.00. The molecular formula is C11H14O2. The summed E-state index contributed by atoms with van der Waals surface area (Å²) in [5, 5.41) is 9.56. The number of benzene rings is 1. The Labute approximate surface area is 78.2 Å². The smallest absolute Gasteiger partial charge is 0.165 e. The lowest BCUT2D eigenvalue weighted by Gasteiger charge is -2.21. The van der Waals surface area contributed by atoms with Crippen LogP contribution in [0.2, 0.25) is 0 Å². The van der Waals surface area contributed by atoms with Gasteiger partial charge in [-0.1, -0.05) is 26.0 Å². The summed E-state index contributed by atoms with van der Waals surface area (Å²) in [5.74, 6) is 0.898. The zero-order valence-corrected chi connectivity index (χ0v) is 8.16. The van der Waals surface area contributed by atoms with Crippen LogP contribution in [-0.2, 0) is 5.41 Å². The van der Waals surface area contributed by atoms with Gasteiger partial charge in [-0.25, -0.2) is 0 Å². The molecule has 1 heterocycles. The van der Waals surface area contributed by atoms with E-state index in [-0.39, 0.29) is 17.3 Å². The number of phenols is 1. The lowest BCUT2D eigenvalue weighted by atomic mass is 9.82. The summed E-state index contributed by atoms with van der Waals surface area (Å²) in [6.45, 7) is 6.28. The number of para-hydroxylation sites is 1. The van der Waals surface area contributed by atoms with Crippen LogP contribution in [0.15, 0.2) is 18.2 Å². The summed E-state index contributed by atoms with van der Waals surface area (Å²) < 4.78 is 5.60. The quantitative estimate of drug-likeness (QED) is 0.661. The van der Waals surface area contributed by atoms with Crippen LogP contribution in [-0.4, -0.2) is 11.2 Å². The average Bonchev–Trinajstić information content (AvgIpc) is 2.28. The Hall–Kier alpha value is -1.18. The SMILES string of the molecule is CC1Oc2c(O)cccc2C1(C)C. The summed E-state index contributed by atoms with van der Waals surface area (Å²) in [7, 11) is 0. The summed E-state index contributed by atoms with van der Waals surface area (Å²) >= 11 is 0. The van der Waals surface area contributed by atoms with E-state index in [4.69, 9.17) is 4.74 Å². The van der Waals surface area contributed by atoms with Crippen LogP contribution in [0.4, 0.5) is 0 Å². The average molecular weight is 178 g/mol. The van der Waals surface area contributed by atoms with Crippen LogP contribution in [0.25, 0.3) is 0 Å². The second kappa shape index (κ2) is 2.41. The predicted molar refractivity (Wildman–Crippen MR) is 51.2 cm³/mol. The van der Waals surface area contributed by atoms with E-state index < -0.39 is 0 Å². The molecule has 1 aliphatic heterocycles. The van der Waals surface area contributed by atoms with E-state index in [1.165, 1.54) is 0 Å². The van der Waals surface area contributed by atoms with Crippen molar-refractivity contribution in [3.05, 3.63) is 23.8 Å². The summed E-state index contributed by atoms with van der Waals surface area (Å²) in [6, 6.07) is 5.53. The molecule has 2 heteroatoms. The molecule has 0 aliphatic carbocycles. The summed E-state index contributed by atoms with van der Waals surface area (Å²) in [5.41, 5.74) is 1.09. The van der Waals surface area contributed by atoms with Gasteiger partial charge in [0.1, 0.15) is 6.10 Å². The lowest BCUT2D eigenvalue weighted by molar-refractivity contribution is 0.181. The fourth-order valence-electron chi connectivity index (χ4n) is 1.70. The summed E-state index contributed by atoms with van der Waals surface area (Å²) in [6.07, 6.45) is 0.121. The highest BCUT2D eigenvalue weighted by Gasteiger charge is 2.39. The molecular weight excluding hydrogens is 164 g/mol. The van der Waals surface area contributed by atoms with Gasteiger partial charge >= 0.3 is 0 Å². The molecule has 0 bridgehead atoms. The van der Waals surface area contributed by atoms with Gasteiger partial charge in [0.2, 0.25) is 0 Å². The largest absolute Gasteiger partial charge is 0.504 e. The first-order chi connectivity index (χ1) is 6.03. The van der Waals surface area contributed by atoms with E-state index in [2.05, 4.69) is 13.8 Å². The predicted octanol–water partition coefficient (Wildman–Crippen LogP) is 2.45. The molecule has 0 fully saturated rings. The first-order valence-electron chi connectivity index (χ1n) is 4.52. The molecule has 1 aliphatic rings. The van der Waals surface area contributed by atoms with Gasteiger partial charge < -0.3 is 9.84 Å². The van der Waals surface area contributed by atoms with Gasteiger partial charge in [-0.3, -0.25) is 0 Å². The van der Waals surface area contributed by atoms with Crippen molar-refractivity contribution < 1.29 is 9.84 Å². The van der Waals surface area contributed by atoms with Crippen LogP contribution in [0.3, 0.4) is 0 Å². The van der Waals surface area contributed by atoms with Crippen LogP contribution < -0.4 is 4.74 Å². The summed E-state index contributed by atoms with van der Waals surface area (Å²) in [4.78, 5) is 0. The van der Waals surface area contributed by atoms with Gasteiger partial charge in [-0.15, -0.1) is 0 Å². The van der Waals surface area contributed by atoms with Crippen LogP contribution in [0, 0.1) is 0 Å². The molecule has 1 aromatic carbocycles. The minimum Gasteiger partial charge on any atom is -0.504 e. The Morgan fingerprint density at radius 2 is 2.08 bits per heavy atom. The van der Waals surface area contributed by atoms with Gasteiger partial charge in [-0.05, 0) is 13.0 Å². The Kier molecular flexibility index (Phi) is 1.56. The molecule has 1 unspecified atom stereocenters. The number of phenolic OH excluding ortho intramolecular Hbond substituents is 1. The minimum absolute atomic E-state index is 0.00588. The number of ether oxygens (including phenoxy) is 1. The van der Waals surface area contributed by atoms with E-state index in [9.17, 15) is 5.11 Å². The van der Waals surface area contributed by atoms with Crippen molar-refractivity contribution in [1.29, 1.82) is 0 Å². The highest BCUT2D eigenvalue weighted by Crippen LogP contribution is 2.46. The molecule has 0 spiro atoms. The molecule has 0 saturated heterocycles. The van der Waals surface area contributed by atoms with Crippen LogP contribution in [0.5, 0.6) is 11.5 Å². The Morgan fingerprint density at radius 3 is 2.69 bits per heavy atom. The second-order valence-corrected chi connectivity index (χ2v) is 4.14. The number of aromatic hydroxyl groups is 1. The molecule has 2 nitrogen and oxygen atoms in total. The first-order valence-corrected chi connectivity index (χ1v) is 4.52. The molecule has 0 amide bonds. The monoisotopic (exact) mass is 178 g/mol. The molecule has 0 aromatic heterocycles. The topological polar surface area (TPSA) is 29.5 Å². The second-order valence-electron chi connectivity index (χ2n) is 4.14. The molecule has 2 rings (SSSR count). The van der Waals surface area contributed by atoms with Crippen LogP contribution in [0.1, 0.15) is 26.3 Å². The fraction of sp³-hybridized carbons (Fsp3) is 0.455. The lowest BCUT2D eigenvalue weighted by Crippen LogP contribution is -2.28. The van der Waals surface area contributed by atoms with E-state index in [1.807, 2.05) is 19.1 Å². The zero-order chi connectivity index (χ0) is 9.64. The molecule has 70 valence electrons. The van der Waals surface area contributed by atoms with Gasteiger partial charge in [0.25, 0.3) is 0 Å². The maximum atomic E-state index is 9.56. The maximum absolute atomic E-state index is 9.56. The third-order valence-corrected chi connectivity index (χ3v) is 3.00. The van der Waals surface area contributed by atoms with Crippen LogP contribution >= 0.6 is 0 Å². The van der Waals surface area contributed by atoms with Crippen molar-refractivity contribution >= 4 is 0 Å². The van der Waals surface area contributed by atoms with Gasteiger partial charge in [0, 0.05) is 11.0 Å². The molecule has 1 atom stereocenters. The van der Waals surface area contributed by atoms with Crippen molar-refractivity contribution in [3.63, 3.8) is 0 Å². The highest BCUT2D eigenvalue weighted by atomic mass is 16.5. The maximum Gasteiger partial charge on any atom is 0.165 e. The van der Waals surface area contributed by atoms with Gasteiger partial charge in [0.15, 0.2) is 11.5 Å². The van der Waals surface area contributed by atoms with Crippen molar-refractivity contribution in [2.75, 3.05) is 0 Å². The number of fused-ring (bicyclic) bond motifs is 1. The Bertz CT molecular complexity index is 342. The van der Waals surface area contributed by atoms with Crippen molar-refractivity contribution in [1.82, 2.24) is 0 Å². The van der Waals surface area contributed by atoms with Gasteiger partial charge in [-0.2, -0.15) is 0 Å². The third kappa shape index (κ3) is 1.01. The molecule has 1 aromatic rings. The van der Waals surface area contributed by atoms with Crippen molar-refractivity contribution in [3.8, 4) is 11.5 Å². The van der Waals surface area contributed by atoms with E-state index >= 15 is 0 Å². The van der Waals surface area contributed by atoms with Gasteiger partial charge in [0.05, 0.1) is 0 Å². The molecule has 0 radical (unpaired) electrons. The number of hydrogen-bond donors (Lipinski definition) is 1. The first kappa shape index (κ1) is 8.42. The highest BCUT2D eigenvalue weighted by molar-refractivity contribution is 5.52. The number of rotatable bonds is 0. The fourth-order valence-corrected chi connectivity index (χ4v) is 1.70. The Balaban J connectivity index is 2.61. The normalized spacial score (nSPS) is 23.8. The molecule has 1 N–H and O–H groups in total.